The molecule has 0 aliphatic carbocycles. The normalized spacial score (nSPS) is 10.5. The number of carboxylic acid groups (broad SMARTS) is 2. The first-order valence-corrected chi connectivity index (χ1v) is 6.60. The zero-order valence-corrected chi connectivity index (χ0v) is 11.4. The van der Waals surface area contributed by atoms with Crippen LogP contribution in [0.15, 0.2) is 24.3 Å². The summed E-state index contributed by atoms with van der Waals surface area (Å²) < 4.78 is 13.6. The van der Waals surface area contributed by atoms with Crippen molar-refractivity contribution < 1.29 is 29.0 Å². The highest BCUT2D eigenvalue weighted by atomic mass is 32.1. The predicted molar refractivity (Wildman–Crippen MR) is 73.0 cm³/mol. The van der Waals surface area contributed by atoms with E-state index in [0.29, 0.717) is 15.0 Å². The van der Waals surface area contributed by atoms with E-state index in [0.717, 1.165) is 11.3 Å². The SMILES string of the molecule is O=C(O)CN(CC(=O)O)C(=O)c1cc2ccc(F)cc2s1. The van der Waals surface area contributed by atoms with Crippen molar-refractivity contribution in [3.8, 4) is 0 Å². The summed E-state index contributed by atoms with van der Waals surface area (Å²) in [5.41, 5.74) is 0. The number of aliphatic carboxylic acids is 2. The largest absolute Gasteiger partial charge is 0.480 e. The van der Waals surface area contributed by atoms with Gasteiger partial charge in [0.15, 0.2) is 0 Å². The Kier molecular flexibility index (Phi) is 4.18. The molecule has 21 heavy (non-hydrogen) atoms. The molecule has 1 aromatic carbocycles. The Balaban J connectivity index is 2.33. The van der Waals surface area contributed by atoms with Gasteiger partial charge in [0.05, 0.1) is 4.88 Å². The van der Waals surface area contributed by atoms with Crippen LogP contribution in [0, 0.1) is 5.82 Å². The van der Waals surface area contributed by atoms with Crippen molar-refractivity contribution in [1.29, 1.82) is 0 Å². The van der Waals surface area contributed by atoms with Crippen molar-refractivity contribution in [2.75, 3.05) is 13.1 Å². The lowest BCUT2D eigenvalue weighted by atomic mass is 10.2. The van der Waals surface area contributed by atoms with E-state index in [1.807, 2.05) is 0 Å². The summed E-state index contributed by atoms with van der Waals surface area (Å²) in [7, 11) is 0. The number of benzene rings is 1. The maximum atomic E-state index is 13.1. The molecule has 0 atom stereocenters. The Bertz CT molecular complexity index is 710. The monoisotopic (exact) mass is 311 g/mol. The lowest BCUT2D eigenvalue weighted by Crippen LogP contribution is -2.39. The molecule has 0 fully saturated rings. The van der Waals surface area contributed by atoms with Gasteiger partial charge < -0.3 is 15.1 Å². The molecule has 2 N–H and O–H groups in total. The first-order chi connectivity index (χ1) is 9.86. The van der Waals surface area contributed by atoms with E-state index < -0.39 is 36.8 Å². The molecule has 2 aromatic rings. The van der Waals surface area contributed by atoms with E-state index in [2.05, 4.69) is 0 Å². The molecular formula is C13H10FNO5S. The molecule has 1 aromatic heterocycles. The van der Waals surface area contributed by atoms with Crippen molar-refractivity contribution in [1.82, 2.24) is 4.90 Å². The molecule has 0 aliphatic heterocycles. The molecule has 8 heteroatoms. The van der Waals surface area contributed by atoms with Gasteiger partial charge in [0.1, 0.15) is 18.9 Å². The summed E-state index contributed by atoms with van der Waals surface area (Å²) in [4.78, 5) is 34.5. The van der Waals surface area contributed by atoms with Crippen LogP contribution in [0.5, 0.6) is 0 Å². The van der Waals surface area contributed by atoms with Crippen LogP contribution in [0.25, 0.3) is 10.1 Å². The fourth-order valence-electron chi connectivity index (χ4n) is 1.79. The Labute approximate surface area is 122 Å². The number of thiophene rings is 1. The van der Waals surface area contributed by atoms with Crippen molar-refractivity contribution in [3.05, 3.63) is 35.0 Å². The number of carbonyl (C=O) groups is 3. The summed E-state index contributed by atoms with van der Waals surface area (Å²) in [6.07, 6.45) is 0. The molecule has 0 saturated heterocycles. The Hall–Kier alpha value is -2.48. The topological polar surface area (TPSA) is 94.9 Å². The minimum absolute atomic E-state index is 0.165. The highest BCUT2D eigenvalue weighted by molar-refractivity contribution is 7.20. The molecular weight excluding hydrogens is 301 g/mol. The third-order valence-electron chi connectivity index (χ3n) is 2.63. The van der Waals surface area contributed by atoms with Crippen molar-refractivity contribution in [2.45, 2.75) is 0 Å². The average molecular weight is 311 g/mol. The fraction of sp³-hybridized carbons (Fsp3) is 0.154. The number of rotatable bonds is 5. The van der Waals surface area contributed by atoms with E-state index in [9.17, 15) is 18.8 Å². The van der Waals surface area contributed by atoms with Crippen molar-refractivity contribution in [2.24, 2.45) is 0 Å². The number of hydrogen-bond donors (Lipinski definition) is 2. The van der Waals surface area contributed by atoms with Gasteiger partial charge in [0.25, 0.3) is 5.91 Å². The summed E-state index contributed by atoms with van der Waals surface area (Å²) >= 11 is 0.985. The predicted octanol–water partition coefficient (Wildman–Crippen LogP) is 1.65. The molecule has 0 aliphatic rings. The summed E-state index contributed by atoms with van der Waals surface area (Å²) in [5.74, 6) is -3.77. The zero-order chi connectivity index (χ0) is 15.6. The van der Waals surface area contributed by atoms with Crippen LogP contribution < -0.4 is 0 Å². The van der Waals surface area contributed by atoms with Crippen LogP contribution in [0.4, 0.5) is 4.39 Å². The summed E-state index contributed by atoms with van der Waals surface area (Å²) in [5, 5.41) is 18.1. The van der Waals surface area contributed by atoms with Gasteiger partial charge in [-0.3, -0.25) is 14.4 Å². The Morgan fingerprint density at radius 3 is 2.29 bits per heavy atom. The van der Waals surface area contributed by atoms with E-state index in [4.69, 9.17) is 10.2 Å². The van der Waals surface area contributed by atoms with Gasteiger partial charge in [-0.15, -0.1) is 11.3 Å². The lowest BCUT2D eigenvalue weighted by Gasteiger charge is -2.17. The first kappa shape index (κ1) is 14.9. The number of fused-ring (bicyclic) bond motifs is 1. The van der Waals surface area contributed by atoms with Crippen LogP contribution in [0.2, 0.25) is 0 Å². The molecule has 6 nitrogen and oxygen atoms in total. The first-order valence-electron chi connectivity index (χ1n) is 5.79. The fourth-order valence-corrected chi connectivity index (χ4v) is 2.85. The minimum Gasteiger partial charge on any atom is -0.480 e. The molecule has 0 bridgehead atoms. The van der Waals surface area contributed by atoms with Gasteiger partial charge in [-0.05, 0) is 23.6 Å². The standard InChI is InChI=1S/C13H10FNO5S/c14-8-2-1-7-3-10(21-9(7)4-8)13(20)15(5-11(16)17)6-12(18)19/h1-4H,5-6H2,(H,16,17)(H,18,19). The van der Waals surface area contributed by atoms with Gasteiger partial charge in [0.2, 0.25) is 0 Å². The second-order valence-corrected chi connectivity index (χ2v) is 5.33. The molecule has 1 amide bonds. The second-order valence-electron chi connectivity index (χ2n) is 4.24. The van der Waals surface area contributed by atoms with Gasteiger partial charge in [-0.25, -0.2) is 4.39 Å². The van der Waals surface area contributed by atoms with Crippen LogP contribution >= 0.6 is 11.3 Å². The third-order valence-corrected chi connectivity index (χ3v) is 3.72. The van der Waals surface area contributed by atoms with E-state index in [1.165, 1.54) is 24.3 Å². The molecule has 0 saturated carbocycles. The maximum absolute atomic E-state index is 13.1. The maximum Gasteiger partial charge on any atom is 0.323 e. The Morgan fingerprint density at radius 2 is 1.71 bits per heavy atom. The highest BCUT2D eigenvalue weighted by Gasteiger charge is 2.22. The number of carbonyl (C=O) groups excluding carboxylic acids is 1. The second kappa shape index (κ2) is 5.88. The Morgan fingerprint density at radius 1 is 1.10 bits per heavy atom. The number of halogens is 1. The average Bonchev–Trinajstić information content (AvgIpc) is 2.78. The van der Waals surface area contributed by atoms with Gasteiger partial charge in [-0.1, -0.05) is 6.07 Å². The van der Waals surface area contributed by atoms with Gasteiger partial charge in [0, 0.05) is 4.70 Å². The number of amides is 1. The van der Waals surface area contributed by atoms with Crippen LogP contribution in [0.3, 0.4) is 0 Å². The summed E-state index contributed by atoms with van der Waals surface area (Å²) in [6, 6.07) is 5.49. The van der Waals surface area contributed by atoms with E-state index >= 15 is 0 Å². The van der Waals surface area contributed by atoms with Crippen molar-refractivity contribution >= 4 is 39.3 Å². The third kappa shape index (κ3) is 3.54. The molecule has 0 radical (unpaired) electrons. The van der Waals surface area contributed by atoms with Crippen LogP contribution in [-0.2, 0) is 9.59 Å². The number of hydrogen-bond acceptors (Lipinski definition) is 4. The smallest absolute Gasteiger partial charge is 0.323 e. The van der Waals surface area contributed by atoms with E-state index in [1.54, 1.807) is 0 Å². The van der Waals surface area contributed by atoms with E-state index in [-0.39, 0.29) is 4.88 Å². The molecule has 1 heterocycles. The minimum atomic E-state index is -1.31. The zero-order valence-electron chi connectivity index (χ0n) is 10.6. The molecule has 110 valence electrons. The van der Waals surface area contributed by atoms with Crippen LogP contribution in [0.1, 0.15) is 9.67 Å². The van der Waals surface area contributed by atoms with Crippen LogP contribution in [-0.4, -0.2) is 46.0 Å². The quantitative estimate of drug-likeness (QED) is 0.875. The molecule has 0 spiro atoms. The lowest BCUT2D eigenvalue weighted by molar-refractivity contribution is -0.140. The summed E-state index contributed by atoms with van der Waals surface area (Å²) in [6.45, 7) is -1.43. The number of carboxylic acids is 2. The van der Waals surface area contributed by atoms with Gasteiger partial charge >= 0.3 is 11.9 Å². The number of nitrogens with zero attached hydrogens (tertiary/aromatic N) is 1. The van der Waals surface area contributed by atoms with Gasteiger partial charge in [-0.2, -0.15) is 0 Å². The highest BCUT2D eigenvalue weighted by Crippen LogP contribution is 2.27. The molecule has 2 rings (SSSR count). The molecule has 0 unspecified atom stereocenters. The van der Waals surface area contributed by atoms with Crippen molar-refractivity contribution in [3.63, 3.8) is 0 Å².